The Morgan fingerprint density at radius 3 is 2.18 bits per heavy atom. The van der Waals surface area contributed by atoms with Crippen molar-refractivity contribution in [3.63, 3.8) is 0 Å². The first-order valence-corrected chi connectivity index (χ1v) is 7.25. The lowest BCUT2D eigenvalue weighted by Crippen LogP contribution is -2.50. The number of amides is 2. The number of hydrogen-bond acceptors (Lipinski definition) is 2. The van der Waals surface area contributed by atoms with Crippen LogP contribution in [0.5, 0.6) is 0 Å². The molecule has 1 heterocycles. The van der Waals surface area contributed by atoms with Gasteiger partial charge >= 0.3 is 0 Å². The second-order valence-electron chi connectivity index (χ2n) is 5.01. The van der Waals surface area contributed by atoms with Gasteiger partial charge in [-0.15, -0.1) is 0 Å². The van der Waals surface area contributed by atoms with E-state index in [2.05, 4.69) is 0 Å². The Bertz CT molecular complexity index is 585. The summed E-state index contributed by atoms with van der Waals surface area (Å²) in [6, 6.07) is 5.52. The molecule has 1 aliphatic heterocycles. The quantitative estimate of drug-likeness (QED) is 0.634. The van der Waals surface area contributed by atoms with E-state index in [0.29, 0.717) is 31.7 Å². The molecular weight excluding hydrogens is 283 g/mol. The molecule has 2 amide bonds. The highest BCUT2D eigenvalue weighted by atomic mass is 19.1. The third-order valence-electron chi connectivity index (χ3n) is 3.51. The highest BCUT2D eigenvalue weighted by Gasteiger charge is 2.23. The van der Waals surface area contributed by atoms with Crippen LogP contribution in [-0.2, 0) is 4.79 Å². The third-order valence-corrected chi connectivity index (χ3v) is 3.51. The van der Waals surface area contributed by atoms with Crippen LogP contribution in [0.3, 0.4) is 0 Å². The first-order chi connectivity index (χ1) is 10.6. The van der Waals surface area contributed by atoms with Gasteiger partial charge in [-0.1, -0.05) is 18.2 Å². The van der Waals surface area contributed by atoms with Gasteiger partial charge in [0.2, 0.25) is 5.91 Å². The van der Waals surface area contributed by atoms with Crippen molar-refractivity contribution in [1.29, 1.82) is 0 Å². The molecule has 0 aliphatic carbocycles. The molecule has 1 saturated heterocycles. The van der Waals surface area contributed by atoms with Crippen molar-refractivity contribution < 1.29 is 14.0 Å². The molecule has 0 spiro atoms. The van der Waals surface area contributed by atoms with Crippen LogP contribution in [0.1, 0.15) is 17.3 Å². The summed E-state index contributed by atoms with van der Waals surface area (Å²) < 4.78 is 12.9. The fourth-order valence-electron chi connectivity index (χ4n) is 2.26. The Balaban J connectivity index is 1.90. The van der Waals surface area contributed by atoms with Gasteiger partial charge in [-0.3, -0.25) is 9.59 Å². The zero-order valence-corrected chi connectivity index (χ0v) is 12.5. The zero-order chi connectivity index (χ0) is 15.9. The van der Waals surface area contributed by atoms with Gasteiger partial charge in [0.25, 0.3) is 5.91 Å². The Morgan fingerprint density at radius 2 is 1.59 bits per heavy atom. The number of piperazine rings is 1. The third kappa shape index (κ3) is 4.04. The average Bonchev–Trinajstić information content (AvgIpc) is 2.55. The van der Waals surface area contributed by atoms with Crippen LogP contribution in [-0.4, -0.2) is 47.8 Å². The van der Waals surface area contributed by atoms with Crippen molar-refractivity contribution in [2.24, 2.45) is 0 Å². The van der Waals surface area contributed by atoms with E-state index in [1.807, 2.05) is 13.0 Å². The standard InChI is InChI=1S/C17H19FN2O2/c1-2-3-4-5-16(21)19-10-12-20(13-11-19)17(22)14-6-8-15(18)9-7-14/h2-9H,10-13H2,1H3. The Morgan fingerprint density at radius 1 is 1.00 bits per heavy atom. The predicted molar refractivity (Wildman–Crippen MR) is 82.8 cm³/mol. The molecule has 0 unspecified atom stereocenters. The molecule has 22 heavy (non-hydrogen) atoms. The molecule has 1 fully saturated rings. The van der Waals surface area contributed by atoms with Crippen molar-refractivity contribution in [3.05, 3.63) is 60.0 Å². The van der Waals surface area contributed by atoms with Crippen molar-refractivity contribution in [2.45, 2.75) is 6.92 Å². The smallest absolute Gasteiger partial charge is 0.253 e. The van der Waals surface area contributed by atoms with Crippen LogP contribution in [0.4, 0.5) is 4.39 Å². The second kappa shape index (κ2) is 7.54. The van der Waals surface area contributed by atoms with Gasteiger partial charge in [-0.2, -0.15) is 0 Å². The molecule has 116 valence electrons. The Kier molecular flexibility index (Phi) is 5.47. The summed E-state index contributed by atoms with van der Waals surface area (Å²) in [7, 11) is 0. The maximum Gasteiger partial charge on any atom is 0.253 e. The summed E-state index contributed by atoms with van der Waals surface area (Å²) in [5, 5.41) is 0. The van der Waals surface area contributed by atoms with Crippen LogP contribution in [0.15, 0.2) is 48.6 Å². The van der Waals surface area contributed by atoms with E-state index in [0.717, 1.165) is 0 Å². The largest absolute Gasteiger partial charge is 0.336 e. The molecule has 5 heteroatoms. The maximum absolute atomic E-state index is 12.9. The van der Waals surface area contributed by atoms with Crippen molar-refractivity contribution in [3.8, 4) is 0 Å². The predicted octanol–water partition coefficient (Wildman–Crippen LogP) is 2.24. The molecule has 1 aliphatic rings. The summed E-state index contributed by atoms with van der Waals surface area (Å²) in [5.41, 5.74) is 0.467. The van der Waals surface area contributed by atoms with Crippen LogP contribution in [0.2, 0.25) is 0 Å². The average molecular weight is 302 g/mol. The number of benzene rings is 1. The minimum Gasteiger partial charge on any atom is -0.336 e. The Labute approximate surface area is 129 Å². The van der Waals surface area contributed by atoms with Crippen LogP contribution >= 0.6 is 0 Å². The summed E-state index contributed by atoms with van der Waals surface area (Å²) in [5.74, 6) is -0.538. The number of halogens is 1. The highest BCUT2D eigenvalue weighted by Crippen LogP contribution is 2.10. The van der Waals surface area contributed by atoms with E-state index in [-0.39, 0.29) is 17.6 Å². The lowest BCUT2D eigenvalue weighted by molar-refractivity contribution is -0.127. The number of hydrogen-bond donors (Lipinski definition) is 0. The molecule has 0 atom stereocenters. The topological polar surface area (TPSA) is 40.6 Å². The first-order valence-electron chi connectivity index (χ1n) is 7.25. The van der Waals surface area contributed by atoms with E-state index >= 15 is 0 Å². The molecular formula is C17H19FN2O2. The normalized spacial score (nSPS) is 15.7. The van der Waals surface area contributed by atoms with E-state index in [1.165, 1.54) is 30.3 Å². The van der Waals surface area contributed by atoms with E-state index in [4.69, 9.17) is 0 Å². The second-order valence-corrected chi connectivity index (χ2v) is 5.01. The van der Waals surface area contributed by atoms with Gasteiger partial charge in [0.15, 0.2) is 0 Å². The number of rotatable bonds is 3. The number of carbonyl (C=O) groups is 2. The summed E-state index contributed by atoms with van der Waals surface area (Å²) in [6.45, 7) is 3.87. The lowest BCUT2D eigenvalue weighted by atomic mass is 10.1. The molecule has 2 rings (SSSR count). The van der Waals surface area contributed by atoms with Gasteiger partial charge < -0.3 is 9.80 Å². The monoisotopic (exact) mass is 302 g/mol. The van der Waals surface area contributed by atoms with Gasteiger partial charge in [0.05, 0.1) is 0 Å². The van der Waals surface area contributed by atoms with Gasteiger partial charge in [0.1, 0.15) is 5.82 Å². The number of carbonyl (C=O) groups excluding carboxylic acids is 2. The van der Waals surface area contributed by atoms with E-state index in [1.54, 1.807) is 22.0 Å². The van der Waals surface area contributed by atoms with Crippen LogP contribution < -0.4 is 0 Å². The Hall–Kier alpha value is -2.43. The molecule has 1 aromatic carbocycles. The summed E-state index contributed by atoms with van der Waals surface area (Å²) in [6.07, 6.45) is 6.88. The molecule has 1 aromatic rings. The maximum atomic E-state index is 12.9. The fourth-order valence-corrected chi connectivity index (χ4v) is 2.26. The molecule has 0 N–H and O–H groups in total. The minimum absolute atomic E-state index is 0.0491. The lowest BCUT2D eigenvalue weighted by Gasteiger charge is -2.34. The molecule has 0 radical (unpaired) electrons. The van der Waals surface area contributed by atoms with Crippen LogP contribution in [0, 0.1) is 5.82 Å². The number of nitrogens with zero attached hydrogens (tertiary/aromatic N) is 2. The molecule has 4 nitrogen and oxygen atoms in total. The fraction of sp³-hybridized carbons (Fsp3) is 0.294. The number of allylic oxidation sites excluding steroid dienone is 3. The van der Waals surface area contributed by atoms with Crippen LogP contribution in [0.25, 0.3) is 0 Å². The van der Waals surface area contributed by atoms with Gasteiger partial charge in [0, 0.05) is 37.8 Å². The first kappa shape index (κ1) is 15.9. The molecule has 0 saturated carbocycles. The van der Waals surface area contributed by atoms with E-state index < -0.39 is 0 Å². The van der Waals surface area contributed by atoms with E-state index in [9.17, 15) is 14.0 Å². The minimum atomic E-state index is -0.361. The van der Waals surface area contributed by atoms with Crippen molar-refractivity contribution in [2.75, 3.05) is 26.2 Å². The summed E-state index contributed by atoms with van der Waals surface area (Å²) >= 11 is 0. The van der Waals surface area contributed by atoms with Gasteiger partial charge in [-0.05, 0) is 31.2 Å². The van der Waals surface area contributed by atoms with Crippen molar-refractivity contribution in [1.82, 2.24) is 9.80 Å². The zero-order valence-electron chi connectivity index (χ0n) is 12.5. The van der Waals surface area contributed by atoms with Crippen molar-refractivity contribution >= 4 is 11.8 Å². The van der Waals surface area contributed by atoms with Gasteiger partial charge in [-0.25, -0.2) is 4.39 Å². The molecule has 0 aromatic heterocycles. The molecule has 0 bridgehead atoms. The highest BCUT2D eigenvalue weighted by molar-refractivity contribution is 5.94. The SMILES string of the molecule is CC=CC=CC(=O)N1CCN(C(=O)c2ccc(F)cc2)CC1. The summed E-state index contributed by atoms with van der Waals surface area (Å²) in [4.78, 5) is 27.6.